The highest BCUT2D eigenvalue weighted by Crippen LogP contribution is 2.28. The van der Waals surface area contributed by atoms with Crippen molar-refractivity contribution in [2.45, 2.75) is 64.0 Å². The predicted molar refractivity (Wildman–Crippen MR) is 82.0 cm³/mol. The van der Waals surface area contributed by atoms with E-state index in [0.717, 1.165) is 32.5 Å². The van der Waals surface area contributed by atoms with Gasteiger partial charge in [-0.2, -0.15) is 5.10 Å². The van der Waals surface area contributed by atoms with Gasteiger partial charge in [0.05, 0.1) is 11.7 Å². The van der Waals surface area contributed by atoms with Crippen molar-refractivity contribution in [3.8, 4) is 0 Å². The van der Waals surface area contributed by atoms with Crippen LogP contribution in [0.5, 0.6) is 0 Å². The Hall–Kier alpha value is -0.870. The molecule has 1 aliphatic rings. The maximum absolute atomic E-state index is 5.40. The van der Waals surface area contributed by atoms with Gasteiger partial charge in [0, 0.05) is 31.9 Å². The van der Waals surface area contributed by atoms with E-state index in [4.69, 9.17) is 9.84 Å². The van der Waals surface area contributed by atoms with Crippen LogP contribution in [0.4, 0.5) is 0 Å². The van der Waals surface area contributed by atoms with Crippen LogP contribution in [0.3, 0.4) is 0 Å². The third kappa shape index (κ3) is 4.60. The van der Waals surface area contributed by atoms with E-state index in [-0.39, 0.29) is 0 Å². The third-order valence-corrected chi connectivity index (χ3v) is 4.27. The Morgan fingerprint density at radius 1 is 1.45 bits per heavy atom. The average Bonchev–Trinajstić information content (AvgIpc) is 3.12. The standard InChI is InChI=1S/C16H29N3O/c1-3-20-12-6-7-14(17-2)13-15-10-11-19(18-15)16-8-4-5-9-16/h10-11,14,16-17H,3-9,12-13H2,1-2H3. The summed E-state index contributed by atoms with van der Waals surface area (Å²) in [7, 11) is 2.04. The zero-order chi connectivity index (χ0) is 14.2. The molecule has 1 heterocycles. The number of hydrogen-bond donors (Lipinski definition) is 1. The second-order valence-corrected chi connectivity index (χ2v) is 5.75. The summed E-state index contributed by atoms with van der Waals surface area (Å²) in [6.07, 6.45) is 10.7. The molecule has 1 aromatic heterocycles. The van der Waals surface area contributed by atoms with Gasteiger partial charge in [0.15, 0.2) is 0 Å². The van der Waals surface area contributed by atoms with Crippen LogP contribution in [-0.4, -0.2) is 36.1 Å². The normalized spacial score (nSPS) is 17.7. The molecule has 0 bridgehead atoms. The van der Waals surface area contributed by atoms with Crippen molar-refractivity contribution in [1.82, 2.24) is 15.1 Å². The number of aromatic nitrogens is 2. The smallest absolute Gasteiger partial charge is 0.0640 e. The van der Waals surface area contributed by atoms with Gasteiger partial charge >= 0.3 is 0 Å². The van der Waals surface area contributed by atoms with E-state index in [1.54, 1.807) is 0 Å². The van der Waals surface area contributed by atoms with E-state index in [0.29, 0.717) is 12.1 Å². The molecule has 0 saturated heterocycles. The van der Waals surface area contributed by atoms with Gasteiger partial charge < -0.3 is 10.1 Å². The maximum atomic E-state index is 5.40. The van der Waals surface area contributed by atoms with Gasteiger partial charge in [0.2, 0.25) is 0 Å². The quantitative estimate of drug-likeness (QED) is 0.706. The van der Waals surface area contributed by atoms with Crippen LogP contribution in [0.25, 0.3) is 0 Å². The molecule has 4 heteroatoms. The molecule has 4 nitrogen and oxygen atoms in total. The van der Waals surface area contributed by atoms with E-state index in [1.807, 2.05) is 14.0 Å². The minimum absolute atomic E-state index is 0.502. The molecule has 1 aliphatic carbocycles. The minimum atomic E-state index is 0.502. The van der Waals surface area contributed by atoms with Crippen molar-refractivity contribution in [2.24, 2.45) is 0 Å². The first-order valence-corrected chi connectivity index (χ1v) is 8.12. The Morgan fingerprint density at radius 3 is 2.95 bits per heavy atom. The zero-order valence-corrected chi connectivity index (χ0v) is 13.0. The second-order valence-electron chi connectivity index (χ2n) is 5.75. The highest BCUT2D eigenvalue weighted by molar-refractivity contribution is 5.02. The molecular formula is C16H29N3O. The summed E-state index contributed by atoms with van der Waals surface area (Å²) in [4.78, 5) is 0. The lowest BCUT2D eigenvalue weighted by atomic mass is 10.1. The number of hydrogen-bond acceptors (Lipinski definition) is 3. The number of likely N-dealkylation sites (N-methyl/N-ethyl adjacent to an activating group) is 1. The van der Waals surface area contributed by atoms with Crippen LogP contribution in [0.15, 0.2) is 12.3 Å². The van der Waals surface area contributed by atoms with Crippen LogP contribution in [-0.2, 0) is 11.2 Å². The molecular weight excluding hydrogens is 250 g/mol. The summed E-state index contributed by atoms with van der Waals surface area (Å²) < 4.78 is 7.59. The average molecular weight is 279 g/mol. The van der Waals surface area contributed by atoms with Crippen molar-refractivity contribution in [1.29, 1.82) is 0 Å². The summed E-state index contributed by atoms with van der Waals surface area (Å²) in [5.74, 6) is 0. The fourth-order valence-electron chi connectivity index (χ4n) is 3.04. The van der Waals surface area contributed by atoms with Gasteiger partial charge in [0.25, 0.3) is 0 Å². The van der Waals surface area contributed by atoms with Crippen molar-refractivity contribution >= 4 is 0 Å². The summed E-state index contributed by atoms with van der Waals surface area (Å²) >= 11 is 0. The Kier molecular flexibility index (Phi) is 6.54. The molecule has 1 saturated carbocycles. The molecule has 0 spiro atoms. The zero-order valence-electron chi connectivity index (χ0n) is 13.0. The molecule has 1 N–H and O–H groups in total. The van der Waals surface area contributed by atoms with Gasteiger partial charge in [-0.1, -0.05) is 12.8 Å². The highest BCUT2D eigenvalue weighted by atomic mass is 16.5. The Balaban J connectivity index is 1.78. The maximum Gasteiger partial charge on any atom is 0.0640 e. The second kappa shape index (κ2) is 8.42. The number of ether oxygens (including phenoxy) is 1. The Morgan fingerprint density at radius 2 is 2.25 bits per heavy atom. The molecule has 1 atom stereocenters. The first kappa shape index (κ1) is 15.5. The lowest BCUT2D eigenvalue weighted by molar-refractivity contribution is 0.141. The lowest BCUT2D eigenvalue weighted by Gasteiger charge is -2.15. The largest absolute Gasteiger partial charge is 0.382 e. The topological polar surface area (TPSA) is 39.1 Å². The summed E-state index contributed by atoms with van der Waals surface area (Å²) in [6, 6.07) is 3.34. The Labute approximate surface area is 122 Å². The van der Waals surface area contributed by atoms with Crippen LogP contribution in [0, 0.1) is 0 Å². The molecule has 0 aromatic carbocycles. The molecule has 2 rings (SSSR count). The molecule has 1 aromatic rings. The van der Waals surface area contributed by atoms with Gasteiger partial charge in [-0.3, -0.25) is 4.68 Å². The summed E-state index contributed by atoms with van der Waals surface area (Å²) in [6.45, 7) is 3.73. The van der Waals surface area contributed by atoms with E-state index < -0.39 is 0 Å². The third-order valence-electron chi connectivity index (χ3n) is 4.27. The predicted octanol–water partition coefficient (Wildman–Crippen LogP) is 2.95. The fourth-order valence-corrected chi connectivity index (χ4v) is 3.04. The van der Waals surface area contributed by atoms with Gasteiger partial charge in [0.1, 0.15) is 0 Å². The van der Waals surface area contributed by atoms with Crippen molar-refractivity contribution in [3.63, 3.8) is 0 Å². The van der Waals surface area contributed by atoms with Gasteiger partial charge in [-0.15, -0.1) is 0 Å². The SMILES string of the molecule is CCOCCCC(Cc1ccn(C2CCCC2)n1)NC. The molecule has 0 aliphatic heterocycles. The molecule has 1 unspecified atom stereocenters. The number of nitrogens with one attached hydrogen (secondary N) is 1. The fraction of sp³-hybridized carbons (Fsp3) is 0.812. The highest BCUT2D eigenvalue weighted by Gasteiger charge is 2.18. The monoisotopic (exact) mass is 279 g/mol. The van der Waals surface area contributed by atoms with E-state index >= 15 is 0 Å². The van der Waals surface area contributed by atoms with Crippen LogP contribution in [0.2, 0.25) is 0 Å². The first-order valence-electron chi connectivity index (χ1n) is 8.12. The van der Waals surface area contributed by atoms with Crippen LogP contribution in [0.1, 0.15) is 57.2 Å². The summed E-state index contributed by atoms with van der Waals surface area (Å²) in [5.41, 5.74) is 1.22. The van der Waals surface area contributed by atoms with E-state index in [2.05, 4.69) is 22.3 Å². The molecule has 20 heavy (non-hydrogen) atoms. The van der Waals surface area contributed by atoms with Gasteiger partial charge in [-0.25, -0.2) is 0 Å². The molecule has 0 radical (unpaired) electrons. The van der Waals surface area contributed by atoms with Crippen molar-refractivity contribution in [2.75, 3.05) is 20.3 Å². The summed E-state index contributed by atoms with van der Waals surface area (Å²) in [5, 5.41) is 8.17. The van der Waals surface area contributed by atoms with Gasteiger partial charge in [-0.05, 0) is 45.7 Å². The van der Waals surface area contributed by atoms with Crippen molar-refractivity contribution < 1.29 is 4.74 Å². The first-order chi connectivity index (χ1) is 9.83. The van der Waals surface area contributed by atoms with Crippen LogP contribution >= 0.6 is 0 Å². The molecule has 114 valence electrons. The number of nitrogens with zero attached hydrogens (tertiary/aromatic N) is 2. The van der Waals surface area contributed by atoms with Crippen LogP contribution < -0.4 is 5.32 Å². The van der Waals surface area contributed by atoms with E-state index in [1.165, 1.54) is 31.4 Å². The molecule has 1 fully saturated rings. The van der Waals surface area contributed by atoms with Crippen molar-refractivity contribution in [3.05, 3.63) is 18.0 Å². The minimum Gasteiger partial charge on any atom is -0.382 e. The lowest BCUT2D eigenvalue weighted by Crippen LogP contribution is -2.28. The molecule has 0 amide bonds. The Bertz CT molecular complexity index is 372. The van der Waals surface area contributed by atoms with E-state index in [9.17, 15) is 0 Å². The number of rotatable bonds is 9.